The summed E-state index contributed by atoms with van der Waals surface area (Å²) in [6, 6.07) is 5.82. The first-order valence-electron chi connectivity index (χ1n) is 6.11. The highest BCUT2D eigenvalue weighted by Crippen LogP contribution is 2.27. The molecule has 0 aliphatic rings. The van der Waals surface area contributed by atoms with E-state index in [-0.39, 0.29) is 11.6 Å². The largest absolute Gasteiger partial charge is 0.491 e. The van der Waals surface area contributed by atoms with Gasteiger partial charge in [0.25, 0.3) is 0 Å². The van der Waals surface area contributed by atoms with Crippen molar-refractivity contribution >= 4 is 15.9 Å². The van der Waals surface area contributed by atoms with E-state index in [1.807, 2.05) is 45.9 Å². The Morgan fingerprint density at radius 2 is 1.94 bits per heavy atom. The van der Waals surface area contributed by atoms with Crippen molar-refractivity contribution in [3.63, 3.8) is 0 Å². The number of rotatable bonds is 5. The topological polar surface area (TPSA) is 44.5 Å². The van der Waals surface area contributed by atoms with E-state index in [1.54, 1.807) is 0 Å². The fourth-order valence-electron chi connectivity index (χ4n) is 1.51. The van der Waals surface area contributed by atoms with Crippen LogP contribution in [0.2, 0.25) is 0 Å². The summed E-state index contributed by atoms with van der Waals surface area (Å²) >= 11 is 3.44. The first-order chi connectivity index (χ1) is 8.29. The minimum atomic E-state index is -0.132. The van der Waals surface area contributed by atoms with Gasteiger partial charge in [-0.1, -0.05) is 15.9 Å². The molecule has 1 atom stereocenters. The molecule has 0 saturated carbocycles. The number of hydrogen-bond acceptors (Lipinski definition) is 3. The van der Waals surface area contributed by atoms with Crippen LogP contribution in [-0.4, -0.2) is 18.8 Å². The number of ether oxygens (including phenoxy) is 2. The van der Waals surface area contributed by atoms with E-state index >= 15 is 0 Å². The maximum absolute atomic E-state index is 5.92. The molecule has 0 spiro atoms. The SMILES string of the molecule is C[C@H](N)c1cc(Br)ccc1OCCOC(C)(C)C. The van der Waals surface area contributed by atoms with Gasteiger partial charge < -0.3 is 15.2 Å². The van der Waals surface area contributed by atoms with Crippen LogP contribution in [0.15, 0.2) is 22.7 Å². The summed E-state index contributed by atoms with van der Waals surface area (Å²) in [5.74, 6) is 0.825. The molecule has 1 aromatic rings. The van der Waals surface area contributed by atoms with Crippen molar-refractivity contribution in [2.75, 3.05) is 13.2 Å². The van der Waals surface area contributed by atoms with Crippen molar-refractivity contribution in [3.8, 4) is 5.75 Å². The zero-order valence-electron chi connectivity index (χ0n) is 11.5. The second kappa shape index (κ2) is 6.55. The van der Waals surface area contributed by atoms with Crippen LogP contribution in [0.4, 0.5) is 0 Å². The highest BCUT2D eigenvalue weighted by atomic mass is 79.9. The summed E-state index contributed by atoms with van der Waals surface area (Å²) in [6.45, 7) is 9.12. The van der Waals surface area contributed by atoms with Crippen LogP contribution >= 0.6 is 15.9 Å². The third kappa shape index (κ3) is 5.38. The Kier molecular flexibility index (Phi) is 5.63. The first-order valence-corrected chi connectivity index (χ1v) is 6.90. The lowest BCUT2D eigenvalue weighted by Gasteiger charge is -2.20. The maximum Gasteiger partial charge on any atom is 0.124 e. The Hall–Kier alpha value is -0.580. The van der Waals surface area contributed by atoms with Crippen molar-refractivity contribution in [1.82, 2.24) is 0 Å². The number of nitrogens with two attached hydrogens (primary N) is 1. The fraction of sp³-hybridized carbons (Fsp3) is 0.571. The van der Waals surface area contributed by atoms with Crippen LogP contribution in [0.1, 0.15) is 39.3 Å². The average molecular weight is 316 g/mol. The molecule has 0 heterocycles. The number of benzene rings is 1. The average Bonchev–Trinajstić information content (AvgIpc) is 2.24. The maximum atomic E-state index is 5.92. The van der Waals surface area contributed by atoms with Gasteiger partial charge in [-0.25, -0.2) is 0 Å². The molecule has 2 N–H and O–H groups in total. The molecule has 3 nitrogen and oxygen atoms in total. The normalized spacial score (nSPS) is 13.4. The molecule has 0 fully saturated rings. The summed E-state index contributed by atoms with van der Waals surface area (Å²) in [6.07, 6.45) is 0. The van der Waals surface area contributed by atoms with Crippen molar-refractivity contribution in [2.45, 2.75) is 39.3 Å². The van der Waals surface area contributed by atoms with Gasteiger partial charge in [0.1, 0.15) is 12.4 Å². The van der Waals surface area contributed by atoms with Gasteiger partial charge in [0.15, 0.2) is 0 Å². The van der Waals surface area contributed by atoms with E-state index in [2.05, 4.69) is 15.9 Å². The zero-order valence-corrected chi connectivity index (χ0v) is 13.1. The van der Waals surface area contributed by atoms with Crippen molar-refractivity contribution in [3.05, 3.63) is 28.2 Å². The molecule has 0 amide bonds. The second-order valence-electron chi connectivity index (χ2n) is 5.28. The van der Waals surface area contributed by atoms with Gasteiger partial charge in [-0.05, 0) is 45.9 Å². The van der Waals surface area contributed by atoms with Crippen LogP contribution in [0, 0.1) is 0 Å². The molecule has 0 aromatic heterocycles. The smallest absolute Gasteiger partial charge is 0.124 e. The van der Waals surface area contributed by atoms with Crippen LogP contribution in [0.25, 0.3) is 0 Å². The van der Waals surface area contributed by atoms with Crippen molar-refractivity contribution < 1.29 is 9.47 Å². The molecular weight excluding hydrogens is 294 g/mol. The lowest BCUT2D eigenvalue weighted by atomic mass is 10.1. The van der Waals surface area contributed by atoms with E-state index in [0.29, 0.717) is 13.2 Å². The van der Waals surface area contributed by atoms with Gasteiger partial charge in [0, 0.05) is 16.1 Å². The third-order valence-corrected chi connectivity index (χ3v) is 2.83. The van der Waals surface area contributed by atoms with Crippen LogP contribution in [0.5, 0.6) is 5.75 Å². The molecule has 0 aliphatic heterocycles. The van der Waals surface area contributed by atoms with Crippen LogP contribution in [-0.2, 0) is 4.74 Å². The molecule has 0 aliphatic carbocycles. The summed E-state index contributed by atoms with van der Waals surface area (Å²) in [7, 11) is 0. The highest BCUT2D eigenvalue weighted by molar-refractivity contribution is 9.10. The summed E-state index contributed by atoms with van der Waals surface area (Å²) in [5.41, 5.74) is 6.79. The van der Waals surface area contributed by atoms with Crippen molar-refractivity contribution in [1.29, 1.82) is 0 Å². The predicted molar refractivity (Wildman–Crippen MR) is 77.9 cm³/mol. The Morgan fingerprint density at radius 3 is 2.50 bits per heavy atom. The summed E-state index contributed by atoms with van der Waals surface area (Å²) in [4.78, 5) is 0. The van der Waals surface area contributed by atoms with E-state index in [1.165, 1.54) is 0 Å². The van der Waals surface area contributed by atoms with Gasteiger partial charge >= 0.3 is 0 Å². The summed E-state index contributed by atoms with van der Waals surface area (Å²) < 4.78 is 12.3. The minimum Gasteiger partial charge on any atom is -0.491 e. The Bertz CT molecular complexity index is 386. The molecule has 1 rings (SSSR count). The van der Waals surface area contributed by atoms with Crippen LogP contribution < -0.4 is 10.5 Å². The van der Waals surface area contributed by atoms with E-state index in [4.69, 9.17) is 15.2 Å². The molecule has 102 valence electrons. The number of hydrogen-bond donors (Lipinski definition) is 1. The fourth-order valence-corrected chi connectivity index (χ4v) is 1.88. The first kappa shape index (κ1) is 15.5. The molecule has 0 saturated heterocycles. The lowest BCUT2D eigenvalue weighted by molar-refractivity contribution is -0.0164. The van der Waals surface area contributed by atoms with Gasteiger partial charge in [-0.2, -0.15) is 0 Å². The molecule has 0 bridgehead atoms. The zero-order chi connectivity index (χ0) is 13.8. The molecule has 1 aromatic carbocycles. The third-order valence-electron chi connectivity index (χ3n) is 2.34. The highest BCUT2D eigenvalue weighted by Gasteiger charge is 2.11. The minimum absolute atomic E-state index is 0.0546. The van der Waals surface area contributed by atoms with E-state index in [9.17, 15) is 0 Å². The molecule has 0 unspecified atom stereocenters. The molecular formula is C14H22BrNO2. The van der Waals surface area contributed by atoms with Gasteiger partial charge in [-0.3, -0.25) is 0 Å². The summed E-state index contributed by atoms with van der Waals surface area (Å²) in [5, 5.41) is 0. The quantitative estimate of drug-likeness (QED) is 0.843. The second-order valence-corrected chi connectivity index (χ2v) is 6.20. The van der Waals surface area contributed by atoms with Gasteiger partial charge in [0.2, 0.25) is 0 Å². The Balaban J connectivity index is 2.57. The van der Waals surface area contributed by atoms with Crippen LogP contribution in [0.3, 0.4) is 0 Å². The van der Waals surface area contributed by atoms with Crippen molar-refractivity contribution in [2.24, 2.45) is 5.73 Å². The molecule has 4 heteroatoms. The van der Waals surface area contributed by atoms with Gasteiger partial charge in [0.05, 0.1) is 12.2 Å². The molecule has 0 radical (unpaired) electrons. The standard InChI is InChI=1S/C14H22BrNO2/c1-10(16)12-9-11(15)5-6-13(12)17-7-8-18-14(2,3)4/h5-6,9-10H,7-8,16H2,1-4H3/t10-/m0/s1. The Morgan fingerprint density at radius 1 is 1.28 bits per heavy atom. The van der Waals surface area contributed by atoms with Gasteiger partial charge in [-0.15, -0.1) is 0 Å². The lowest BCUT2D eigenvalue weighted by Crippen LogP contribution is -2.22. The molecule has 18 heavy (non-hydrogen) atoms. The monoisotopic (exact) mass is 315 g/mol. The van der Waals surface area contributed by atoms with E-state index < -0.39 is 0 Å². The van der Waals surface area contributed by atoms with E-state index in [0.717, 1.165) is 15.8 Å². The Labute approximate surface area is 118 Å². The predicted octanol–water partition coefficient (Wildman–Crippen LogP) is 3.66. The number of halogens is 1.